The minimum Gasteiger partial charge on any atom is -0.366 e. The van der Waals surface area contributed by atoms with Gasteiger partial charge in [-0.2, -0.15) is 0 Å². The molecule has 0 spiro atoms. The van der Waals surface area contributed by atoms with Crippen molar-refractivity contribution in [3.05, 3.63) is 64.6 Å². The van der Waals surface area contributed by atoms with Gasteiger partial charge in [-0.3, -0.25) is 4.79 Å². The fourth-order valence-electron chi connectivity index (χ4n) is 3.64. The first-order valence-electron chi connectivity index (χ1n) is 9.75. The Hall–Kier alpha value is -1.78. The van der Waals surface area contributed by atoms with Crippen molar-refractivity contribution in [2.75, 3.05) is 0 Å². The van der Waals surface area contributed by atoms with Gasteiger partial charge >= 0.3 is 0 Å². The first-order valence-corrected chi connectivity index (χ1v) is 12.0. The summed E-state index contributed by atoms with van der Waals surface area (Å²) in [7, 11) is -3.62. The van der Waals surface area contributed by atoms with Gasteiger partial charge in [0.15, 0.2) is 6.29 Å². The zero-order valence-corrected chi connectivity index (χ0v) is 18.6. The van der Waals surface area contributed by atoms with E-state index < -0.39 is 22.4 Å². The van der Waals surface area contributed by atoms with Gasteiger partial charge in [0, 0.05) is 16.4 Å². The summed E-state index contributed by atoms with van der Waals surface area (Å²) in [5.41, 5.74) is 0.608. The summed E-state index contributed by atoms with van der Waals surface area (Å²) in [6, 6.07) is 14.1. The first kappa shape index (κ1) is 22.9. The van der Waals surface area contributed by atoms with Gasteiger partial charge in [-0.15, -0.1) is 0 Å². The third kappa shape index (κ3) is 5.89. The van der Waals surface area contributed by atoms with Gasteiger partial charge in [-0.25, -0.2) is 13.1 Å². The largest absolute Gasteiger partial charge is 0.366 e. The van der Waals surface area contributed by atoms with Gasteiger partial charge in [-0.05, 0) is 55.5 Å². The lowest BCUT2D eigenvalue weighted by molar-refractivity contribution is -0.132. The Kier molecular flexibility index (Phi) is 7.65. The molecule has 4 N–H and O–H groups in total. The Bertz CT molecular complexity index is 943. The number of aliphatic hydroxyl groups is 2. The van der Waals surface area contributed by atoms with E-state index in [4.69, 9.17) is 0 Å². The van der Waals surface area contributed by atoms with Crippen LogP contribution in [-0.4, -0.2) is 36.9 Å². The molecule has 9 heteroatoms. The fourth-order valence-corrected chi connectivity index (χ4v) is 5.21. The maximum Gasteiger partial charge on any atom is 0.240 e. The van der Waals surface area contributed by atoms with Crippen molar-refractivity contribution in [3.63, 3.8) is 0 Å². The monoisotopic (exact) mass is 496 g/mol. The molecule has 162 valence electrons. The summed E-state index contributed by atoms with van der Waals surface area (Å²) < 4.78 is 28.6. The topological polar surface area (TPSA) is 116 Å². The predicted octanol–water partition coefficient (Wildman–Crippen LogP) is 2.45. The van der Waals surface area contributed by atoms with Crippen molar-refractivity contribution < 1.29 is 23.4 Å². The number of aliphatic hydroxyl groups excluding tert-OH is 1. The van der Waals surface area contributed by atoms with Crippen LogP contribution in [0.15, 0.2) is 64.0 Å². The van der Waals surface area contributed by atoms with Crippen molar-refractivity contribution in [1.82, 2.24) is 10.0 Å². The Balaban J connectivity index is 1.55. The quantitative estimate of drug-likeness (QED) is 0.439. The van der Waals surface area contributed by atoms with Crippen LogP contribution in [0.2, 0.25) is 0 Å². The lowest BCUT2D eigenvalue weighted by Crippen LogP contribution is -2.43. The summed E-state index contributed by atoms with van der Waals surface area (Å²) in [6.07, 6.45) is 0.382. The van der Waals surface area contributed by atoms with Crippen molar-refractivity contribution in [2.45, 2.75) is 49.0 Å². The van der Waals surface area contributed by atoms with Crippen LogP contribution in [0.25, 0.3) is 0 Å². The van der Waals surface area contributed by atoms with E-state index in [1.165, 1.54) is 12.1 Å². The maximum absolute atomic E-state index is 12.7. The average Bonchev–Trinajstić information content (AvgIpc) is 2.73. The van der Waals surface area contributed by atoms with E-state index in [9.17, 15) is 23.4 Å². The van der Waals surface area contributed by atoms with E-state index in [-0.39, 0.29) is 22.8 Å². The van der Waals surface area contributed by atoms with E-state index in [1.54, 1.807) is 36.4 Å². The summed E-state index contributed by atoms with van der Waals surface area (Å²) in [5, 5.41) is 22.1. The molecule has 7 nitrogen and oxygen atoms in total. The highest BCUT2D eigenvalue weighted by atomic mass is 79.9. The molecular weight excluding hydrogens is 472 g/mol. The molecule has 1 saturated carbocycles. The summed E-state index contributed by atoms with van der Waals surface area (Å²) in [4.78, 5) is 12.9. The molecule has 0 aromatic heterocycles. The van der Waals surface area contributed by atoms with Gasteiger partial charge in [-0.1, -0.05) is 46.3 Å². The minimum atomic E-state index is -3.62. The SMILES string of the molecule is O=C(N[C@@H](c1ccccc1)C(O)O)C1CCC(NS(=O)(=O)c2ccc(Br)cc2)CC1. The molecule has 0 aliphatic heterocycles. The van der Waals surface area contributed by atoms with Gasteiger partial charge in [0.05, 0.1) is 4.90 Å². The van der Waals surface area contributed by atoms with Gasteiger partial charge < -0.3 is 15.5 Å². The molecule has 1 aliphatic rings. The predicted molar refractivity (Wildman–Crippen MR) is 116 cm³/mol. The highest BCUT2D eigenvalue weighted by Crippen LogP contribution is 2.27. The highest BCUT2D eigenvalue weighted by Gasteiger charge is 2.31. The van der Waals surface area contributed by atoms with Crippen LogP contribution in [0.1, 0.15) is 37.3 Å². The van der Waals surface area contributed by atoms with Crippen LogP contribution in [0.3, 0.4) is 0 Å². The second kappa shape index (κ2) is 10.0. The number of hydrogen-bond acceptors (Lipinski definition) is 5. The Labute approximate surface area is 184 Å². The second-order valence-corrected chi connectivity index (χ2v) is 10.1. The van der Waals surface area contributed by atoms with Crippen LogP contribution >= 0.6 is 15.9 Å². The van der Waals surface area contributed by atoms with Crippen LogP contribution in [0.5, 0.6) is 0 Å². The van der Waals surface area contributed by atoms with Gasteiger partial charge in [0.1, 0.15) is 6.04 Å². The molecule has 2 aromatic carbocycles. The summed E-state index contributed by atoms with van der Waals surface area (Å²) in [5.74, 6) is -0.561. The molecule has 1 atom stereocenters. The average molecular weight is 497 g/mol. The number of nitrogens with one attached hydrogen (secondary N) is 2. The van der Waals surface area contributed by atoms with Crippen LogP contribution < -0.4 is 10.0 Å². The van der Waals surface area contributed by atoms with Crippen LogP contribution in [-0.2, 0) is 14.8 Å². The number of carbonyl (C=O) groups excluding carboxylic acids is 1. The normalized spacial score (nSPS) is 20.7. The molecule has 0 bridgehead atoms. The van der Waals surface area contributed by atoms with E-state index in [0.717, 1.165) is 4.47 Å². The molecule has 0 heterocycles. The zero-order chi connectivity index (χ0) is 21.7. The Morgan fingerprint density at radius 1 is 0.967 bits per heavy atom. The van der Waals surface area contributed by atoms with Gasteiger partial charge in [0.2, 0.25) is 15.9 Å². The number of amides is 1. The lowest BCUT2D eigenvalue weighted by atomic mass is 9.85. The fraction of sp³-hybridized carbons (Fsp3) is 0.381. The van der Waals surface area contributed by atoms with Crippen molar-refractivity contribution in [2.24, 2.45) is 5.92 Å². The molecule has 2 aromatic rings. The minimum absolute atomic E-state index is 0.202. The molecular formula is C21H25BrN2O5S. The molecule has 0 saturated heterocycles. The molecule has 0 radical (unpaired) electrons. The van der Waals surface area contributed by atoms with Gasteiger partial charge in [0.25, 0.3) is 0 Å². The van der Waals surface area contributed by atoms with Crippen molar-refractivity contribution in [1.29, 1.82) is 0 Å². The number of sulfonamides is 1. The maximum atomic E-state index is 12.7. The third-order valence-corrected chi connectivity index (χ3v) is 7.36. The van der Waals surface area contributed by atoms with Crippen molar-refractivity contribution >= 4 is 31.9 Å². The molecule has 0 unspecified atom stereocenters. The van der Waals surface area contributed by atoms with Crippen molar-refractivity contribution in [3.8, 4) is 0 Å². The molecule has 1 aliphatic carbocycles. The van der Waals surface area contributed by atoms with Crippen LogP contribution in [0, 0.1) is 5.92 Å². The van der Waals surface area contributed by atoms with E-state index in [0.29, 0.717) is 31.2 Å². The Morgan fingerprint density at radius 2 is 1.57 bits per heavy atom. The second-order valence-electron chi connectivity index (χ2n) is 7.43. The first-order chi connectivity index (χ1) is 14.3. The summed E-state index contributed by atoms with van der Waals surface area (Å²) in [6.45, 7) is 0. The molecule has 30 heavy (non-hydrogen) atoms. The number of benzene rings is 2. The van der Waals surface area contributed by atoms with E-state index >= 15 is 0 Å². The third-order valence-electron chi connectivity index (χ3n) is 5.30. The van der Waals surface area contributed by atoms with E-state index in [2.05, 4.69) is 26.0 Å². The van der Waals surface area contributed by atoms with Crippen LogP contribution in [0.4, 0.5) is 0 Å². The molecule has 1 amide bonds. The smallest absolute Gasteiger partial charge is 0.240 e. The molecule has 1 fully saturated rings. The zero-order valence-electron chi connectivity index (χ0n) is 16.2. The number of carbonyl (C=O) groups is 1. The number of hydrogen-bond donors (Lipinski definition) is 4. The summed E-state index contributed by atoms with van der Waals surface area (Å²) >= 11 is 3.29. The van der Waals surface area contributed by atoms with E-state index in [1.807, 2.05) is 6.07 Å². The lowest BCUT2D eigenvalue weighted by Gasteiger charge is -2.30. The Morgan fingerprint density at radius 3 is 2.13 bits per heavy atom. The number of halogens is 1. The highest BCUT2D eigenvalue weighted by molar-refractivity contribution is 9.10. The standard InChI is InChI=1S/C21H25BrN2O5S/c22-16-8-12-18(13-9-16)30(28,29)24-17-10-6-15(7-11-17)20(25)23-19(21(26)27)14-4-2-1-3-5-14/h1-5,8-9,12-13,15,17,19,21,24,26-27H,6-7,10-11H2,(H,23,25)/t15?,17?,19-/m0/s1. The number of rotatable bonds is 7. The molecule has 3 rings (SSSR count).